The van der Waals surface area contributed by atoms with E-state index in [9.17, 15) is 9.59 Å². The molecule has 0 spiro atoms. The number of urea groups is 1. The van der Waals surface area contributed by atoms with Crippen LogP contribution in [-0.4, -0.2) is 43.1 Å². The fraction of sp³-hybridized carbons (Fsp3) is 0.529. The Morgan fingerprint density at radius 3 is 2.74 bits per heavy atom. The summed E-state index contributed by atoms with van der Waals surface area (Å²) in [6, 6.07) is 7.55. The number of piperidine rings is 1. The Bertz CT molecular complexity index is 542. The summed E-state index contributed by atoms with van der Waals surface area (Å²) in [5.74, 6) is -0.223. The van der Waals surface area contributed by atoms with E-state index in [1.165, 1.54) is 0 Å². The van der Waals surface area contributed by atoms with Crippen LogP contribution in [0.4, 0.5) is 4.79 Å². The summed E-state index contributed by atoms with van der Waals surface area (Å²) < 4.78 is 5.03. The van der Waals surface area contributed by atoms with Gasteiger partial charge in [-0.15, -0.1) is 0 Å². The molecule has 1 aromatic carbocycles. The fourth-order valence-electron chi connectivity index (χ4n) is 2.70. The lowest BCUT2D eigenvalue weighted by molar-refractivity contribution is -0.149. The number of nitrogens with one attached hydrogen (secondary N) is 1. The number of likely N-dealkylation sites (tertiary alicyclic amines) is 1. The standard InChI is InChI=1S/C17H23ClN2O3/c1-2-23-16(21)14-7-10-20(11-8-14)17(22)19-9-6-13-4-3-5-15(18)12-13/h3-5,12,14H,2,6-11H2,1H3,(H,19,22). The van der Waals surface area contributed by atoms with Gasteiger partial charge in [0, 0.05) is 24.7 Å². The van der Waals surface area contributed by atoms with Gasteiger partial charge in [-0.05, 0) is 43.9 Å². The Morgan fingerprint density at radius 1 is 1.35 bits per heavy atom. The Labute approximate surface area is 141 Å². The second-order valence-electron chi connectivity index (χ2n) is 5.63. The van der Waals surface area contributed by atoms with Crippen LogP contribution in [0.15, 0.2) is 24.3 Å². The van der Waals surface area contributed by atoms with Crippen molar-refractivity contribution < 1.29 is 14.3 Å². The minimum absolute atomic E-state index is 0.0747. The number of carbonyl (C=O) groups excluding carboxylic acids is 2. The molecule has 0 bridgehead atoms. The third kappa shape index (κ3) is 5.43. The molecule has 0 aromatic heterocycles. The van der Waals surface area contributed by atoms with Crippen molar-refractivity contribution in [2.75, 3.05) is 26.2 Å². The maximum absolute atomic E-state index is 12.1. The van der Waals surface area contributed by atoms with E-state index in [0.29, 0.717) is 44.1 Å². The van der Waals surface area contributed by atoms with Crippen molar-refractivity contribution in [2.24, 2.45) is 5.92 Å². The summed E-state index contributed by atoms with van der Waals surface area (Å²) in [6.45, 7) is 3.96. The second-order valence-corrected chi connectivity index (χ2v) is 6.06. The van der Waals surface area contributed by atoms with E-state index in [0.717, 1.165) is 12.0 Å². The minimum Gasteiger partial charge on any atom is -0.466 e. The highest BCUT2D eigenvalue weighted by atomic mass is 35.5. The van der Waals surface area contributed by atoms with E-state index in [4.69, 9.17) is 16.3 Å². The van der Waals surface area contributed by atoms with E-state index in [-0.39, 0.29) is 17.9 Å². The van der Waals surface area contributed by atoms with Gasteiger partial charge in [0.25, 0.3) is 0 Å². The van der Waals surface area contributed by atoms with Gasteiger partial charge < -0.3 is 15.0 Å². The molecule has 1 saturated heterocycles. The van der Waals surface area contributed by atoms with E-state index >= 15 is 0 Å². The number of amides is 2. The maximum Gasteiger partial charge on any atom is 0.317 e. The first-order chi connectivity index (χ1) is 11.1. The lowest BCUT2D eigenvalue weighted by atomic mass is 9.97. The molecule has 5 nitrogen and oxygen atoms in total. The van der Waals surface area contributed by atoms with Gasteiger partial charge in [0.1, 0.15) is 0 Å². The third-order valence-electron chi connectivity index (χ3n) is 3.98. The number of rotatable bonds is 5. The molecule has 126 valence electrons. The molecular weight excluding hydrogens is 316 g/mol. The lowest BCUT2D eigenvalue weighted by Gasteiger charge is -2.30. The highest BCUT2D eigenvalue weighted by Gasteiger charge is 2.27. The van der Waals surface area contributed by atoms with E-state index in [1.807, 2.05) is 24.3 Å². The van der Waals surface area contributed by atoms with Crippen molar-refractivity contribution in [1.29, 1.82) is 0 Å². The summed E-state index contributed by atoms with van der Waals surface area (Å²) >= 11 is 5.94. The lowest BCUT2D eigenvalue weighted by Crippen LogP contribution is -2.46. The van der Waals surface area contributed by atoms with Crippen molar-refractivity contribution >= 4 is 23.6 Å². The van der Waals surface area contributed by atoms with Crippen molar-refractivity contribution in [3.05, 3.63) is 34.9 Å². The number of halogens is 1. The van der Waals surface area contributed by atoms with Crippen LogP contribution in [0.3, 0.4) is 0 Å². The minimum atomic E-state index is -0.145. The van der Waals surface area contributed by atoms with Crippen LogP contribution in [0.25, 0.3) is 0 Å². The molecule has 0 saturated carbocycles. The highest BCUT2D eigenvalue weighted by molar-refractivity contribution is 6.30. The van der Waals surface area contributed by atoms with Crippen LogP contribution in [0.1, 0.15) is 25.3 Å². The zero-order valence-corrected chi connectivity index (χ0v) is 14.1. The van der Waals surface area contributed by atoms with Gasteiger partial charge in [-0.3, -0.25) is 4.79 Å². The summed E-state index contributed by atoms with van der Waals surface area (Å²) in [5, 5.41) is 3.62. The molecule has 0 radical (unpaired) electrons. The van der Waals surface area contributed by atoms with Crippen molar-refractivity contribution in [2.45, 2.75) is 26.2 Å². The molecule has 0 aliphatic carbocycles. The topological polar surface area (TPSA) is 58.6 Å². The number of nitrogens with zero attached hydrogens (tertiary/aromatic N) is 1. The number of esters is 1. The number of carbonyl (C=O) groups is 2. The molecule has 6 heteroatoms. The van der Waals surface area contributed by atoms with Crippen LogP contribution in [-0.2, 0) is 16.0 Å². The molecule has 1 heterocycles. The highest BCUT2D eigenvalue weighted by Crippen LogP contribution is 2.18. The number of hydrogen-bond acceptors (Lipinski definition) is 3. The summed E-state index contributed by atoms with van der Waals surface area (Å²) in [4.78, 5) is 25.6. The summed E-state index contributed by atoms with van der Waals surface area (Å²) in [6.07, 6.45) is 2.08. The molecule has 2 amide bonds. The SMILES string of the molecule is CCOC(=O)C1CCN(C(=O)NCCc2cccc(Cl)c2)CC1. The smallest absolute Gasteiger partial charge is 0.317 e. The zero-order valence-electron chi connectivity index (χ0n) is 13.4. The number of hydrogen-bond donors (Lipinski definition) is 1. The van der Waals surface area contributed by atoms with Gasteiger partial charge in [-0.25, -0.2) is 4.79 Å². The molecule has 1 fully saturated rings. The van der Waals surface area contributed by atoms with Crippen LogP contribution >= 0.6 is 11.6 Å². The van der Waals surface area contributed by atoms with Gasteiger partial charge in [0.2, 0.25) is 0 Å². The monoisotopic (exact) mass is 338 g/mol. The first kappa shape index (κ1) is 17.6. The molecule has 0 unspecified atom stereocenters. The number of benzene rings is 1. The van der Waals surface area contributed by atoms with Gasteiger partial charge in [-0.2, -0.15) is 0 Å². The van der Waals surface area contributed by atoms with Gasteiger partial charge in [-0.1, -0.05) is 23.7 Å². The Morgan fingerprint density at radius 2 is 2.09 bits per heavy atom. The van der Waals surface area contributed by atoms with Crippen molar-refractivity contribution in [3.8, 4) is 0 Å². The zero-order chi connectivity index (χ0) is 16.7. The Kier molecular flexibility index (Phi) is 6.71. The van der Waals surface area contributed by atoms with Crippen LogP contribution in [0.2, 0.25) is 5.02 Å². The first-order valence-electron chi connectivity index (χ1n) is 8.04. The average Bonchev–Trinajstić information content (AvgIpc) is 2.55. The van der Waals surface area contributed by atoms with Crippen LogP contribution in [0.5, 0.6) is 0 Å². The number of ether oxygens (including phenoxy) is 1. The first-order valence-corrected chi connectivity index (χ1v) is 8.41. The Hall–Kier alpha value is -1.75. The largest absolute Gasteiger partial charge is 0.466 e. The molecule has 1 aliphatic rings. The molecule has 0 atom stereocenters. The second kappa shape index (κ2) is 8.77. The van der Waals surface area contributed by atoms with Crippen molar-refractivity contribution in [3.63, 3.8) is 0 Å². The molecule has 23 heavy (non-hydrogen) atoms. The summed E-state index contributed by atoms with van der Waals surface area (Å²) in [7, 11) is 0. The van der Waals surface area contributed by atoms with Crippen LogP contribution in [0, 0.1) is 5.92 Å². The molecular formula is C17H23ClN2O3. The maximum atomic E-state index is 12.1. The van der Waals surface area contributed by atoms with Gasteiger partial charge in [0.05, 0.1) is 12.5 Å². The van der Waals surface area contributed by atoms with E-state index in [1.54, 1.807) is 11.8 Å². The molecule has 1 N–H and O–H groups in total. The predicted molar refractivity (Wildman–Crippen MR) is 89.5 cm³/mol. The van der Waals surface area contributed by atoms with Crippen molar-refractivity contribution in [1.82, 2.24) is 10.2 Å². The molecule has 1 aliphatic heterocycles. The Balaban J connectivity index is 1.70. The van der Waals surface area contributed by atoms with E-state index < -0.39 is 0 Å². The fourth-order valence-corrected chi connectivity index (χ4v) is 2.91. The normalized spacial score (nSPS) is 15.3. The van der Waals surface area contributed by atoms with Gasteiger partial charge in [0.15, 0.2) is 0 Å². The average molecular weight is 339 g/mol. The predicted octanol–water partition coefficient (Wildman–Crippen LogP) is 2.87. The molecule has 2 rings (SSSR count). The quantitative estimate of drug-likeness (QED) is 0.840. The third-order valence-corrected chi connectivity index (χ3v) is 4.22. The van der Waals surface area contributed by atoms with Crippen LogP contribution < -0.4 is 5.32 Å². The van der Waals surface area contributed by atoms with Gasteiger partial charge >= 0.3 is 12.0 Å². The molecule has 1 aromatic rings. The van der Waals surface area contributed by atoms with E-state index in [2.05, 4.69) is 5.32 Å². The summed E-state index contributed by atoms with van der Waals surface area (Å²) in [5.41, 5.74) is 1.10.